The van der Waals surface area contributed by atoms with Gasteiger partial charge in [-0.3, -0.25) is 38.4 Å². The van der Waals surface area contributed by atoms with Crippen LogP contribution >= 0.6 is 0 Å². The number of carbonyl (C=O) groups is 9. The molecular weight excluding hydrogens is 746 g/mol. The fraction of sp³-hybridized carbons (Fsp3) is 0.595. The van der Waals surface area contributed by atoms with E-state index in [1.807, 2.05) is 0 Å². The summed E-state index contributed by atoms with van der Waals surface area (Å²) in [6, 6.07) is 2.24. The third-order valence-electron chi connectivity index (χ3n) is 10.3. The van der Waals surface area contributed by atoms with Gasteiger partial charge in [0.25, 0.3) is 0 Å². The molecule has 4 rings (SSSR count). The molecule has 0 spiro atoms. The quantitative estimate of drug-likeness (QED) is 0.0757. The molecule has 3 heterocycles. The maximum Gasteiger partial charge on any atom is 0.326 e. The highest BCUT2D eigenvalue weighted by Gasteiger charge is 2.42. The van der Waals surface area contributed by atoms with Crippen LogP contribution in [0.2, 0.25) is 0 Å². The Morgan fingerprint density at radius 1 is 0.737 bits per heavy atom. The Labute approximate surface area is 329 Å². The number of nitrogens with one attached hydrogen (secondary N) is 5. The molecule has 3 aliphatic rings. The molecule has 0 aromatic heterocycles. The standard InChI is InChI=1S/C37H53N9O11/c1-21(41-28(48)19-39-33(52)25-11-6-15-45(25)36(55)26-12-7-14-44(26)30(50)18-38)32(51)43-31(22(2)47)34(53)40-20-29(49)42-24(17-23-9-4-3-5-10-23)35(54)46-16-8-13-27(46)37(56)57/h3-5,9-10,21-22,24-27,31,47H,6-8,11-20,38H2,1-2H3,(H,39,52)(H,40,53)(H,41,48)(H,42,49)(H,43,51)(H,56,57)/t21-,22+,24-,25-,26-,27-,31-/m0/s1. The van der Waals surface area contributed by atoms with Gasteiger partial charge in [-0.2, -0.15) is 0 Å². The third-order valence-corrected chi connectivity index (χ3v) is 10.3. The van der Waals surface area contributed by atoms with Crippen LogP contribution in [0.4, 0.5) is 0 Å². The van der Waals surface area contributed by atoms with Gasteiger partial charge in [-0.05, 0) is 57.9 Å². The highest BCUT2D eigenvalue weighted by Crippen LogP contribution is 2.25. The molecule has 3 fully saturated rings. The lowest BCUT2D eigenvalue weighted by atomic mass is 10.0. The average molecular weight is 800 g/mol. The van der Waals surface area contributed by atoms with Crippen molar-refractivity contribution in [2.45, 2.75) is 101 Å². The van der Waals surface area contributed by atoms with Gasteiger partial charge in [0.2, 0.25) is 47.3 Å². The molecule has 312 valence electrons. The molecule has 1 aromatic carbocycles. The van der Waals surface area contributed by atoms with Crippen LogP contribution in [0.1, 0.15) is 57.9 Å². The summed E-state index contributed by atoms with van der Waals surface area (Å²) in [5, 5.41) is 32.0. The van der Waals surface area contributed by atoms with Crippen LogP contribution in [-0.2, 0) is 49.6 Å². The van der Waals surface area contributed by atoms with E-state index in [2.05, 4.69) is 26.6 Å². The van der Waals surface area contributed by atoms with Crippen molar-refractivity contribution in [1.82, 2.24) is 41.3 Å². The summed E-state index contributed by atoms with van der Waals surface area (Å²) in [5.74, 6) is -6.36. The van der Waals surface area contributed by atoms with E-state index in [-0.39, 0.29) is 37.7 Å². The minimum Gasteiger partial charge on any atom is -0.480 e. The second-order valence-corrected chi connectivity index (χ2v) is 14.4. The Bertz CT molecular complexity index is 1680. The summed E-state index contributed by atoms with van der Waals surface area (Å²) in [6.45, 7) is 2.04. The highest BCUT2D eigenvalue weighted by molar-refractivity contribution is 5.97. The van der Waals surface area contributed by atoms with Crippen LogP contribution in [0, 0.1) is 0 Å². The zero-order chi connectivity index (χ0) is 41.8. The van der Waals surface area contributed by atoms with Gasteiger partial charge < -0.3 is 57.2 Å². The van der Waals surface area contributed by atoms with Crippen molar-refractivity contribution in [2.24, 2.45) is 5.73 Å². The Balaban J connectivity index is 1.26. The molecule has 1 aromatic rings. The number of aliphatic carboxylic acids is 1. The molecule has 57 heavy (non-hydrogen) atoms. The van der Waals surface area contributed by atoms with Crippen molar-refractivity contribution in [3.8, 4) is 0 Å². The van der Waals surface area contributed by atoms with Crippen molar-refractivity contribution in [2.75, 3.05) is 39.3 Å². The number of benzene rings is 1. The van der Waals surface area contributed by atoms with Crippen LogP contribution < -0.4 is 32.3 Å². The summed E-state index contributed by atoms with van der Waals surface area (Å²) in [4.78, 5) is 120. The lowest BCUT2D eigenvalue weighted by Crippen LogP contribution is -2.58. The number of rotatable bonds is 17. The topological polar surface area (TPSA) is 290 Å². The molecule has 0 radical (unpaired) electrons. The first-order valence-corrected chi connectivity index (χ1v) is 19.1. The first-order valence-electron chi connectivity index (χ1n) is 19.1. The number of nitrogens with two attached hydrogens (primary N) is 1. The highest BCUT2D eigenvalue weighted by atomic mass is 16.4. The maximum atomic E-state index is 13.5. The SMILES string of the molecule is C[C@H](NC(=O)CNC(=O)[C@@H]1CCCN1C(=O)[C@@H]1CCCN1C(=O)CN)C(=O)N[C@H](C(=O)NCC(=O)N[C@@H](Cc1ccccc1)C(=O)N1CCC[C@H]1C(=O)O)[C@@H](C)O. The van der Waals surface area contributed by atoms with E-state index < -0.39 is 96.9 Å². The number of carbonyl (C=O) groups excluding carboxylic acids is 8. The molecule has 8 amide bonds. The first kappa shape index (κ1) is 44.1. The van der Waals surface area contributed by atoms with Crippen molar-refractivity contribution in [3.63, 3.8) is 0 Å². The zero-order valence-electron chi connectivity index (χ0n) is 32.1. The number of aliphatic hydroxyl groups is 1. The van der Waals surface area contributed by atoms with E-state index in [0.717, 1.165) is 0 Å². The van der Waals surface area contributed by atoms with Crippen LogP contribution in [0.15, 0.2) is 30.3 Å². The van der Waals surface area contributed by atoms with Crippen LogP contribution in [0.5, 0.6) is 0 Å². The Hall–Kier alpha value is -5.63. The molecule has 0 saturated carbocycles. The monoisotopic (exact) mass is 799 g/mol. The molecule has 7 atom stereocenters. The van der Waals surface area contributed by atoms with Crippen LogP contribution in [-0.4, -0.2) is 160 Å². The number of carboxylic acids is 1. The van der Waals surface area contributed by atoms with E-state index in [1.165, 1.54) is 28.5 Å². The fourth-order valence-corrected chi connectivity index (χ4v) is 7.32. The van der Waals surface area contributed by atoms with Crippen molar-refractivity contribution in [3.05, 3.63) is 35.9 Å². The Morgan fingerprint density at radius 3 is 1.95 bits per heavy atom. The number of hydrogen-bond donors (Lipinski definition) is 8. The van der Waals surface area contributed by atoms with Crippen LogP contribution in [0.25, 0.3) is 0 Å². The predicted octanol–water partition coefficient (Wildman–Crippen LogP) is -3.67. The van der Waals surface area contributed by atoms with Gasteiger partial charge in [0, 0.05) is 26.1 Å². The minimum absolute atomic E-state index is 0.0542. The molecule has 3 saturated heterocycles. The summed E-state index contributed by atoms with van der Waals surface area (Å²) < 4.78 is 0. The number of aliphatic hydroxyl groups excluding tert-OH is 1. The van der Waals surface area contributed by atoms with Gasteiger partial charge in [0.1, 0.15) is 36.3 Å². The summed E-state index contributed by atoms with van der Waals surface area (Å²) in [5.41, 5.74) is 6.19. The molecule has 9 N–H and O–H groups in total. The van der Waals surface area contributed by atoms with Gasteiger partial charge in [-0.1, -0.05) is 30.3 Å². The number of nitrogens with zero attached hydrogens (tertiary/aromatic N) is 3. The second-order valence-electron chi connectivity index (χ2n) is 14.4. The fourth-order valence-electron chi connectivity index (χ4n) is 7.32. The Morgan fingerprint density at radius 2 is 1.32 bits per heavy atom. The van der Waals surface area contributed by atoms with E-state index in [1.54, 1.807) is 30.3 Å². The predicted molar refractivity (Wildman–Crippen MR) is 200 cm³/mol. The third kappa shape index (κ3) is 11.7. The molecule has 0 aliphatic carbocycles. The lowest BCUT2D eigenvalue weighted by molar-refractivity contribution is -0.149. The molecule has 3 aliphatic heterocycles. The minimum atomic E-state index is -1.56. The number of amides is 8. The van der Waals surface area contributed by atoms with Gasteiger partial charge in [0.15, 0.2) is 0 Å². The largest absolute Gasteiger partial charge is 0.480 e. The summed E-state index contributed by atoms with van der Waals surface area (Å²) >= 11 is 0. The summed E-state index contributed by atoms with van der Waals surface area (Å²) in [7, 11) is 0. The van der Waals surface area contributed by atoms with E-state index in [4.69, 9.17) is 5.73 Å². The molecule has 0 unspecified atom stereocenters. The van der Waals surface area contributed by atoms with E-state index in [0.29, 0.717) is 50.8 Å². The smallest absolute Gasteiger partial charge is 0.326 e. The zero-order valence-corrected chi connectivity index (χ0v) is 32.1. The van der Waals surface area contributed by atoms with E-state index >= 15 is 0 Å². The van der Waals surface area contributed by atoms with Gasteiger partial charge in [0.05, 0.1) is 25.7 Å². The number of likely N-dealkylation sites (tertiary alicyclic amines) is 3. The van der Waals surface area contributed by atoms with Crippen molar-refractivity contribution in [1.29, 1.82) is 0 Å². The number of hydrogen-bond acceptors (Lipinski definition) is 11. The normalized spacial score (nSPS) is 21.1. The molecule has 0 bridgehead atoms. The first-order chi connectivity index (χ1) is 27.1. The van der Waals surface area contributed by atoms with Crippen molar-refractivity contribution >= 4 is 53.2 Å². The van der Waals surface area contributed by atoms with Gasteiger partial charge in [-0.25, -0.2) is 4.79 Å². The average Bonchev–Trinajstić information content (AvgIpc) is 3.99. The van der Waals surface area contributed by atoms with Gasteiger partial charge in [-0.15, -0.1) is 0 Å². The van der Waals surface area contributed by atoms with Crippen molar-refractivity contribution < 1.29 is 53.4 Å². The Kier molecular flexibility index (Phi) is 15.9. The van der Waals surface area contributed by atoms with E-state index in [9.17, 15) is 53.4 Å². The molecular formula is C37H53N9O11. The maximum absolute atomic E-state index is 13.5. The molecule has 20 heteroatoms. The summed E-state index contributed by atoms with van der Waals surface area (Å²) in [6.07, 6.45) is 1.37. The van der Waals surface area contributed by atoms with Gasteiger partial charge >= 0.3 is 5.97 Å². The second kappa shape index (κ2) is 20.5. The molecule has 20 nitrogen and oxygen atoms in total. The number of carboxylic acid groups (broad SMARTS) is 1. The van der Waals surface area contributed by atoms with Crippen LogP contribution in [0.3, 0.4) is 0 Å². The lowest BCUT2D eigenvalue weighted by Gasteiger charge is -2.30.